The predicted octanol–water partition coefficient (Wildman–Crippen LogP) is 4.83. The zero-order valence-corrected chi connectivity index (χ0v) is 13.9. The van der Waals surface area contributed by atoms with Crippen LogP contribution >= 0.6 is 15.9 Å². The molecule has 0 spiro atoms. The van der Waals surface area contributed by atoms with Crippen LogP contribution in [0.25, 0.3) is 0 Å². The zero-order chi connectivity index (χ0) is 14.7. The molecule has 110 valence electrons. The van der Waals surface area contributed by atoms with Crippen molar-refractivity contribution in [3.8, 4) is 0 Å². The zero-order valence-electron chi connectivity index (χ0n) is 12.3. The summed E-state index contributed by atoms with van der Waals surface area (Å²) >= 11 is 3.62. The van der Waals surface area contributed by atoms with E-state index >= 15 is 0 Å². The molecule has 3 rings (SSSR count). The van der Waals surface area contributed by atoms with Crippen LogP contribution in [-0.4, -0.2) is 6.04 Å². The molecule has 0 aromatic heterocycles. The van der Waals surface area contributed by atoms with Crippen molar-refractivity contribution in [1.29, 1.82) is 0 Å². The first kappa shape index (κ1) is 14.8. The SMILES string of the molecule is NC(Cc1ccccc1Br)CC1CCCc2ccccc21. The molecule has 1 aliphatic rings. The topological polar surface area (TPSA) is 26.0 Å². The second kappa shape index (κ2) is 6.76. The lowest BCUT2D eigenvalue weighted by Crippen LogP contribution is -2.27. The van der Waals surface area contributed by atoms with E-state index in [0.29, 0.717) is 5.92 Å². The van der Waals surface area contributed by atoms with E-state index in [1.807, 2.05) is 0 Å². The van der Waals surface area contributed by atoms with Gasteiger partial charge >= 0.3 is 0 Å². The van der Waals surface area contributed by atoms with E-state index in [1.54, 1.807) is 0 Å². The Morgan fingerprint density at radius 2 is 1.86 bits per heavy atom. The molecule has 1 aliphatic carbocycles. The van der Waals surface area contributed by atoms with Crippen molar-refractivity contribution in [3.05, 3.63) is 69.7 Å². The summed E-state index contributed by atoms with van der Waals surface area (Å²) in [6.45, 7) is 0. The minimum Gasteiger partial charge on any atom is -0.327 e. The van der Waals surface area contributed by atoms with Crippen LogP contribution in [0.1, 0.15) is 41.9 Å². The van der Waals surface area contributed by atoms with Crippen LogP contribution in [-0.2, 0) is 12.8 Å². The number of hydrogen-bond donors (Lipinski definition) is 1. The lowest BCUT2D eigenvalue weighted by atomic mass is 9.79. The Bertz CT molecular complexity index is 608. The fourth-order valence-electron chi connectivity index (χ4n) is 3.49. The highest BCUT2D eigenvalue weighted by Crippen LogP contribution is 2.35. The first-order chi connectivity index (χ1) is 10.2. The molecule has 2 heteroatoms. The molecule has 0 saturated carbocycles. The van der Waals surface area contributed by atoms with Gasteiger partial charge in [0.25, 0.3) is 0 Å². The summed E-state index contributed by atoms with van der Waals surface area (Å²) < 4.78 is 1.17. The molecule has 2 aromatic rings. The molecule has 0 radical (unpaired) electrons. The van der Waals surface area contributed by atoms with Crippen LogP contribution in [0.3, 0.4) is 0 Å². The van der Waals surface area contributed by atoms with Crippen molar-refractivity contribution in [1.82, 2.24) is 0 Å². The molecule has 0 amide bonds. The molecular formula is C19H22BrN. The number of benzene rings is 2. The summed E-state index contributed by atoms with van der Waals surface area (Å²) in [6, 6.07) is 17.5. The second-order valence-electron chi connectivity index (χ2n) is 6.08. The number of aryl methyl sites for hydroxylation is 1. The van der Waals surface area contributed by atoms with E-state index in [1.165, 1.54) is 40.4 Å². The van der Waals surface area contributed by atoms with Gasteiger partial charge in [-0.05, 0) is 60.8 Å². The van der Waals surface area contributed by atoms with Gasteiger partial charge in [0, 0.05) is 10.5 Å². The average molecular weight is 344 g/mol. The normalized spacial score (nSPS) is 19.0. The Kier molecular flexibility index (Phi) is 4.77. The van der Waals surface area contributed by atoms with Crippen molar-refractivity contribution in [2.24, 2.45) is 5.73 Å². The number of hydrogen-bond acceptors (Lipinski definition) is 1. The van der Waals surface area contributed by atoms with E-state index in [0.717, 1.165) is 12.8 Å². The number of nitrogens with two attached hydrogens (primary N) is 1. The Labute approximate surface area is 135 Å². The van der Waals surface area contributed by atoms with Crippen LogP contribution < -0.4 is 5.73 Å². The number of fused-ring (bicyclic) bond motifs is 1. The smallest absolute Gasteiger partial charge is 0.0207 e. The molecule has 0 bridgehead atoms. The van der Waals surface area contributed by atoms with E-state index in [2.05, 4.69) is 64.5 Å². The lowest BCUT2D eigenvalue weighted by Gasteiger charge is -2.28. The first-order valence-electron chi connectivity index (χ1n) is 7.81. The van der Waals surface area contributed by atoms with Crippen molar-refractivity contribution in [3.63, 3.8) is 0 Å². The third-order valence-electron chi connectivity index (χ3n) is 4.52. The molecule has 2 atom stereocenters. The lowest BCUT2D eigenvalue weighted by molar-refractivity contribution is 0.466. The van der Waals surface area contributed by atoms with Crippen molar-refractivity contribution < 1.29 is 0 Å². The van der Waals surface area contributed by atoms with Crippen LogP contribution in [0.2, 0.25) is 0 Å². The number of rotatable bonds is 4. The Morgan fingerprint density at radius 1 is 1.10 bits per heavy atom. The van der Waals surface area contributed by atoms with Gasteiger partial charge in [-0.25, -0.2) is 0 Å². The Morgan fingerprint density at radius 3 is 2.71 bits per heavy atom. The molecule has 0 aliphatic heterocycles. The summed E-state index contributed by atoms with van der Waals surface area (Å²) in [4.78, 5) is 0. The molecule has 2 N–H and O–H groups in total. The maximum absolute atomic E-state index is 6.44. The molecule has 2 aromatic carbocycles. The average Bonchev–Trinajstić information content (AvgIpc) is 2.50. The molecule has 1 nitrogen and oxygen atoms in total. The van der Waals surface area contributed by atoms with Gasteiger partial charge in [0.15, 0.2) is 0 Å². The van der Waals surface area contributed by atoms with Crippen LogP contribution in [0, 0.1) is 0 Å². The Hall–Kier alpha value is -1.12. The van der Waals surface area contributed by atoms with Crippen LogP contribution in [0.15, 0.2) is 53.0 Å². The van der Waals surface area contributed by atoms with Crippen LogP contribution in [0.4, 0.5) is 0 Å². The fourth-order valence-corrected chi connectivity index (χ4v) is 3.94. The fraction of sp³-hybridized carbons (Fsp3) is 0.368. The molecule has 21 heavy (non-hydrogen) atoms. The molecule has 2 unspecified atom stereocenters. The van der Waals surface area contributed by atoms with Gasteiger partial charge < -0.3 is 5.73 Å². The highest BCUT2D eigenvalue weighted by atomic mass is 79.9. The summed E-state index contributed by atoms with van der Waals surface area (Å²) in [6.07, 6.45) is 5.83. The standard InChI is InChI=1S/C19H22BrN/c20-19-11-4-2-7-16(19)13-17(21)12-15-9-5-8-14-6-1-3-10-18(14)15/h1-4,6-7,10-11,15,17H,5,8-9,12-13,21H2. The molecular weight excluding hydrogens is 322 g/mol. The van der Waals surface area contributed by atoms with Crippen molar-refractivity contribution in [2.45, 2.75) is 44.1 Å². The largest absolute Gasteiger partial charge is 0.327 e. The molecule has 0 heterocycles. The van der Waals surface area contributed by atoms with Gasteiger partial charge in [0.1, 0.15) is 0 Å². The molecule has 0 saturated heterocycles. The first-order valence-corrected chi connectivity index (χ1v) is 8.60. The van der Waals surface area contributed by atoms with Gasteiger partial charge in [-0.1, -0.05) is 58.4 Å². The molecule has 0 fully saturated rings. The minimum atomic E-state index is 0.222. The van der Waals surface area contributed by atoms with Crippen molar-refractivity contribution >= 4 is 15.9 Å². The summed E-state index contributed by atoms with van der Waals surface area (Å²) in [7, 11) is 0. The van der Waals surface area contributed by atoms with Crippen LogP contribution in [0.5, 0.6) is 0 Å². The maximum Gasteiger partial charge on any atom is 0.0207 e. The highest BCUT2D eigenvalue weighted by Gasteiger charge is 2.22. The van der Waals surface area contributed by atoms with Crippen molar-refractivity contribution in [2.75, 3.05) is 0 Å². The van der Waals surface area contributed by atoms with Gasteiger partial charge in [0.05, 0.1) is 0 Å². The summed E-state index contributed by atoms with van der Waals surface area (Å²) in [5.41, 5.74) is 10.8. The number of halogens is 1. The van der Waals surface area contributed by atoms with Gasteiger partial charge in [0.2, 0.25) is 0 Å². The summed E-state index contributed by atoms with van der Waals surface area (Å²) in [5.74, 6) is 0.632. The predicted molar refractivity (Wildman–Crippen MR) is 92.6 cm³/mol. The van der Waals surface area contributed by atoms with E-state index in [4.69, 9.17) is 5.73 Å². The minimum absolute atomic E-state index is 0.222. The second-order valence-corrected chi connectivity index (χ2v) is 6.93. The third kappa shape index (κ3) is 3.56. The quantitative estimate of drug-likeness (QED) is 0.845. The highest BCUT2D eigenvalue weighted by molar-refractivity contribution is 9.10. The third-order valence-corrected chi connectivity index (χ3v) is 5.29. The monoisotopic (exact) mass is 343 g/mol. The Balaban J connectivity index is 1.69. The maximum atomic E-state index is 6.44. The van der Waals surface area contributed by atoms with Gasteiger partial charge in [-0.15, -0.1) is 0 Å². The van der Waals surface area contributed by atoms with Gasteiger partial charge in [-0.2, -0.15) is 0 Å². The van der Waals surface area contributed by atoms with E-state index in [9.17, 15) is 0 Å². The van der Waals surface area contributed by atoms with E-state index in [-0.39, 0.29) is 6.04 Å². The van der Waals surface area contributed by atoms with Gasteiger partial charge in [-0.3, -0.25) is 0 Å². The van der Waals surface area contributed by atoms with E-state index < -0.39 is 0 Å². The summed E-state index contributed by atoms with van der Waals surface area (Å²) in [5, 5.41) is 0.